The minimum absolute atomic E-state index is 0.0278. The molecule has 0 aliphatic carbocycles. The van der Waals surface area contributed by atoms with E-state index in [4.69, 9.17) is 11.6 Å². The van der Waals surface area contributed by atoms with E-state index in [0.717, 1.165) is 16.1 Å². The highest BCUT2D eigenvalue weighted by Crippen LogP contribution is 2.24. The zero-order valence-electron chi connectivity index (χ0n) is 22.2. The number of nitrogens with one attached hydrogen (secondary N) is 1. The summed E-state index contributed by atoms with van der Waals surface area (Å²) in [7, 11) is -3.83. The summed E-state index contributed by atoms with van der Waals surface area (Å²) in [4.78, 5) is 29.1. The first-order chi connectivity index (χ1) is 18.5. The average Bonchev–Trinajstić information content (AvgIpc) is 2.89. The lowest BCUT2D eigenvalue weighted by Crippen LogP contribution is -2.54. The molecule has 39 heavy (non-hydrogen) atoms. The van der Waals surface area contributed by atoms with Crippen molar-refractivity contribution in [1.82, 2.24) is 10.2 Å². The fraction of sp³-hybridized carbons (Fsp3) is 0.310. The summed E-state index contributed by atoms with van der Waals surface area (Å²) in [5.74, 6) is -0.845. The van der Waals surface area contributed by atoms with Crippen molar-refractivity contribution >= 4 is 55.1 Å². The van der Waals surface area contributed by atoms with Gasteiger partial charge in [0.25, 0.3) is 0 Å². The van der Waals surface area contributed by atoms with Crippen molar-refractivity contribution in [3.63, 3.8) is 0 Å². The Morgan fingerprint density at radius 1 is 1.00 bits per heavy atom. The van der Waals surface area contributed by atoms with Crippen LogP contribution in [0.25, 0.3) is 0 Å². The van der Waals surface area contributed by atoms with Gasteiger partial charge in [0.05, 0.1) is 11.9 Å². The molecular formula is C29H33BrClN3O4S. The van der Waals surface area contributed by atoms with Crippen LogP contribution >= 0.6 is 27.5 Å². The predicted molar refractivity (Wildman–Crippen MR) is 160 cm³/mol. The molecule has 208 valence electrons. The molecule has 0 aromatic heterocycles. The van der Waals surface area contributed by atoms with Gasteiger partial charge in [-0.2, -0.15) is 0 Å². The van der Waals surface area contributed by atoms with Crippen molar-refractivity contribution in [2.24, 2.45) is 0 Å². The summed E-state index contributed by atoms with van der Waals surface area (Å²) in [6, 6.07) is 22.2. The lowest BCUT2D eigenvalue weighted by Gasteiger charge is -2.34. The quantitative estimate of drug-likeness (QED) is 0.288. The van der Waals surface area contributed by atoms with Crippen molar-refractivity contribution < 1.29 is 18.0 Å². The van der Waals surface area contributed by atoms with Gasteiger partial charge in [-0.1, -0.05) is 89.1 Å². The van der Waals surface area contributed by atoms with Gasteiger partial charge in [-0.3, -0.25) is 13.9 Å². The molecule has 0 radical (unpaired) electrons. The molecule has 0 saturated carbocycles. The van der Waals surface area contributed by atoms with Crippen molar-refractivity contribution in [2.75, 3.05) is 17.1 Å². The monoisotopic (exact) mass is 633 g/mol. The number of benzene rings is 3. The molecule has 3 aromatic rings. The van der Waals surface area contributed by atoms with E-state index in [1.54, 1.807) is 48.5 Å². The van der Waals surface area contributed by atoms with Crippen LogP contribution in [0.3, 0.4) is 0 Å². The molecule has 10 heteroatoms. The molecule has 1 N–H and O–H groups in total. The largest absolute Gasteiger partial charge is 0.352 e. The summed E-state index contributed by atoms with van der Waals surface area (Å²) in [6.45, 7) is 3.41. The summed E-state index contributed by atoms with van der Waals surface area (Å²) in [5, 5.41) is 3.45. The maximum atomic E-state index is 14.1. The number of sulfonamides is 1. The Hall–Kier alpha value is -2.88. The van der Waals surface area contributed by atoms with Crippen molar-refractivity contribution in [2.45, 2.75) is 45.3 Å². The van der Waals surface area contributed by atoms with E-state index < -0.39 is 28.5 Å². The molecular weight excluding hydrogens is 602 g/mol. The number of nitrogens with zero attached hydrogens (tertiary/aromatic N) is 2. The van der Waals surface area contributed by atoms with Crippen molar-refractivity contribution in [1.29, 1.82) is 0 Å². The van der Waals surface area contributed by atoms with E-state index >= 15 is 0 Å². The molecule has 7 nitrogen and oxygen atoms in total. The molecule has 0 saturated heterocycles. The van der Waals surface area contributed by atoms with Crippen LogP contribution < -0.4 is 9.62 Å². The highest BCUT2D eigenvalue weighted by atomic mass is 79.9. The van der Waals surface area contributed by atoms with Crippen molar-refractivity contribution in [3.05, 3.63) is 99.5 Å². The molecule has 0 aliphatic rings. The molecule has 0 heterocycles. The Kier molecular flexibility index (Phi) is 11.0. The second-order valence-electron chi connectivity index (χ2n) is 9.39. The number of amides is 2. The summed E-state index contributed by atoms with van der Waals surface area (Å²) in [6.07, 6.45) is 2.01. The molecule has 3 rings (SSSR count). The van der Waals surface area contributed by atoms with Gasteiger partial charge in [0.2, 0.25) is 21.8 Å². The fourth-order valence-corrected chi connectivity index (χ4v) is 5.47. The molecule has 0 unspecified atom stereocenters. The van der Waals surface area contributed by atoms with Crippen LogP contribution in [0.1, 0.15) is 31.4 Å². The number of anilines is 1. The van der Waals surface area contributed by atoms with E-state index in [0.29, 0.717) is 27.2 Å². The number of rotatable bonds is 12. The number of hydrogen-bond donors (Lipinski definition) is 1. The second-order valence-corrected chi connectivity index (χ2v) is 12.6. The van der Waals surface area contributed by atoms with Crippen LogP contribution in [-0.4, -0.2) is 50.0 Å². The Morgan fingerprint density at radius 3 is 2.28 bits per heavy atom. The Bertz CT molecular complexity index is 1390. The number of hydrogen-bond acceptors (Lipinski definition) is 4. The van der Waals surface area contributed by atoms with E-state index in [-0.39, 0.29) is 24.9 Å². The summed E-state index contributed by atoms with van der Waals surface area (Å²) >= 11 is 9.83. The van der Waals surface area contributed by atoms with E-state index in [9.17, 15) is 18.0 Å². The van der Waals surface area contributed by atoms with Gasteiger partial charge in [-0.15, -0.1) is 0 Å². The molecule has 0 aliphatic heterocycles. The van der Waals surface area contributed by atoms with Crippen LogP contribution in [0, 0.1) is 0 Å². The Morgan fingerprint density at radius 2 is 1.67 bits per heavy atom. The third kappa shape index (κ3) is 8.81. The molecule has 2 amide bonds. The van der Waals surface area contributed by atoms with E-state index in [1.165, 1.54) is 4.90 Å². The topological polar surface area (TPSA) is 86.8 Å². The van der Waals surface area contributed by atoms with Crippen LogP contribution in [0.2, 0.25) is 5.02 Å². The minimum Gasteiger partial charge on any atom is -0.352 e. The first kappa shape index (κ1) is 30.7. The van der Waals surface area contributed by atoms with Gasteiger partial charge in [-0.25, -0.2) is 8.42 Å². The van der Waals surface area contributed by atoms with Gasteiger partial charge in [0, 0.05) is 28.5 Å². The SMILES string of the molecule is CC[C@@H](C)NC(=O)[C@@H](Cc1ccccc1)N(Cc1ccccc1Cl)C(=O)CN(c1cccc(Br)c1)S(C)(=O)=O. The zero-order chi connectivity index (χ0) is 28.6. The third-order valence-corrected chi connectivity index (χ3v) is 8.35. The summed E-state index contributed by atoms with van der Waals surface area (Å²) < 4.78 is 27.4. The van der Waals surface area contributed by atoms with Gasteiger partial charge in [0.15, 0.2) is 0 Å². The van der Waals surface area contributed by atoms with Gasteiger partial charge in [-0.05, 0) is 48.7 Å². The highest BCUT2D eigenvalue weighted by molar-refractivity contribution is 9.10. The van der Waals surface area contributed by atoms with Crippen LogP contribution in [-0.2, 0) is 32.6 Å². The first-order valence-corrected chi connectivity index (χ1v) is 15.6. The lowest BCUT2D eigenvalue weighted by molar-refractivity contribution is -0.140. The summed E-state index contributed by atoms with van der Waals surface area (Å²) in [5.41, 5.74) is 1.85. The molecule has 0 bridgehead atoms. The van der Waals surface area contributed by atoms with Crippen LogP contribution in [0.15, 0.2) is 83.3 Å². The maximum absolute atomic E-state index is 14.1. The molecule has 2 atom stereocenters. The normalized spacial score (nSPS) is 12.8. The first-order valence-electron chi connectivity index (χ1n) is 12.6. The second kappa shape index (κ2) is 14.0. The van der Waals surface area contributed by atoms with Crippen LogP contribution in [0.5, 0.6) is 0 Å². The smallest absolute Gasteiger partial charge is 0.244 e. The van der Waals surface area contributed by atoms with Crippen LogP contribution in [0.4, 0.5) is 5.69 Å². The standard InChI is InChI=1S/C29H33BrClN3O4S/c1-4-21(2)32-29(36)27(17-22-11-6-5-7-12-22)33(19-23-13-8-9-16-26(23)31)28(35)20-34(39(3,37)38)25-15-10-14-24(30)18-25/h5-16,18,21,27H,4,17,19-20H2,1-3H3,(H,32,36)/t21-,27-/m1/s1. The Balaban J connectivity index is 2.07. The minimum atomic E-state index is -3.83. The average molecular weight is 635 g/mol. The fourth-order valence-electron chi connectivity index (χ4n) is 4.05. The Labute approximate surface area is 244 Å². The number of carbonyl (C=O) groups excluding carboxylic acids is 2. The maximum Gasteiger partial charge on any atom is 0.244 e. The van der Waals surface area contributed by atoms with Gasteiger partial charge in [0.1, 0.15) is 12.6 Å². The number of halogens is 2. The predicted octanol–water partition coefficient (Wildman–Crippen LogP) is 5.42. The third-order valence-electron chi connectivity index (χ3n) is 6.35. The highest BCUT2D eigenvalue weighted by Gasteiger charge is 2.33. The molecule has 0 fully saturated rings. The zero-order valence-corrected chi connectivity index (χ0v) is 25.3. The lowest BCUT2D eigenvalue weighted by atomic mass is 10.0. The van der Waals surface area contributed by atoms with Gasteiger partial charge >= 0.3 is 0 Å². The molecule has 3 aromatic carbocycles. The van der Waals surface area contributed by atoms with Crippen molar-refractivity contribution in [3.8, 4) is 0 Å². The molecule has 0 spiro atoms. The van der Waals surface area contributed by atoms with E-state index in [1.807, 2.05) is 44.2 Å². The van der Waals surface area contributed by atoms with Gasteiger partial charge < -0.3 is 10.2 Å². The number of carbonyl (C=O) groups is 2. The van der Waals surface area contributed by atoms with E-state index in [2.05, 4.69) is 21.2 Å².